The van der Waals surface area contributed by atoms with Crippen molar-refractivity contribution in [3.63, 3.8) is 0 Å². The van der Waals surface area contributed by atoms with Gasteiger partial charge in [0, 0.05) is 11.9 Å². The minimum absolute atomic E-state index is 0.104. The molecule has 5 N–H and O–H groups in total. The third kappa shape index (κ3) is 2.92. The van der Waals surface area contributed by atoms with E-state index in [2.05, 4.69) is 15.3 Å². The molecule has 0 saturated carbocycles. The van der Waals surface area contributed by atoms with Gasteiger partial charge in [-0.1, -0.05) is 0 Å². The number of aliphatic hydroxyl groups is 2. The lowest BCUT2D eigenvalue weighted by atomic mass is 10.2. The van der Waals surface area contributed by atoms with Gasteiger partial charge in [-0.2, -0.15) is 0 Å². The number of carbonyl (C=O) groups is 1. The molecule has 2 aromatic heterocycles. The summed E-state index contributed by atoms with van der Waals surface area (Å²) in [5.41, 5.74) is -0.843. The van der Waals surface area contributed by atoms with Crippen molar-refractivity contribution < 1.29 is 20.1 Å². The van der Waals surface area contributed by atoms with Gasteiger partial charge in [-0.3, -0.25) is 4.79 Å². The summed E-state index contributed by atoms with van der Waals surface area (Å²) in [5.74, 6) is -0.912. The predicted molar refractivity (Wildman–Crippen MR) is 70.9 cm³/mol. The standard InChI is InChI=1S/C12H13N3O5/c16-5-7(17)4-13-9-2-1-6-3-8(12(19)20)11(18)15-10(6)14-9/h1-3,7,16-17H,4-5H2,(H,19,20)(H2,13,14,15,18). The monoisotopic (exact) mass is 279 g/mol. The Bertz CT molecular complexity index is 697. The fourth-order valence-corrected chi connectivity index (χ4v) is 1.63. The lowest BCUT2D eigenvalue weighted by molar-refractivity contribution is 0.0695. The van der Waals surface area contributed by atoms with Crippen LogP contribution < -0.4 is 10.9 Å². The molecule has 0 aliphatic rings. The Morgan fingerprint density at radius 3 is 2.85 bits per heavy atom. The van der Waals surface area contributed by atoms with E-state index in [0.717, 1.165) is 0 Å². The summed E-state index contributed by atoms with van der Waals surface area (Å²) in [4.78, 5) is 28.8. The highest BCUT2D eigenvalue weighted by Gasteiger charge is 2.11. The number of rotatable bonds is 5. The molecule has 0 aromatic carbocycles. The number of anilines is 1. The number of fused-ring (bicyclic) bond motifs is 1. The number of nitrogens with one attached hydrogen (secondary N) is 2. The number of hydrogen-bond donors (Lipinski definition) is 5. The number of hydrogen-bond acceptors (Lipinski definition) is 6. The lowest BCUT2D eigenvalue weighted by Gasteiger charge is -2.10. The topological polar surface area (TPSA) is 136 Å². The minimum Gasteiger partial charge on any atom is -0.477 e. The Kier molecular flexibility index (Phi) is 3.97. The molecule has 8 heteroatoms. The molecule has 2 heterocycles. The molecule has 0 radical (unpaired) electrons. The summed E-state index contributed by atoms with van der Waals surface area (Å²) in [5, 5.41) is 30.0. The first-order valence-electron chi connectivity index (χ1n) is 5.81. The highest BCUT2D eigenvalue weighted by Crippen LogP contribution is 2.13. The summed E-state index contributed by atoms with van der Waals surface area (Å²) in [6, 6.07) is 4.42. The van der Waals surface area contributed by atoms with E-state index in [-0.39, 0.29) is 24.4 Å². The number of aromatic carboxylic acids is 1. The molecule has 1 unspecified atom stereocenters. The van der Waals surface area contributed by atoms with Gasteiger partial charge >= 0.3 is 5.97 Å². The molecule has 0 spiro atoms. The molecule has 0 aliphatic heterocycles. The summed E-state index contributed by atoms with van der Waals surface area (Å²) in [6.07, 6.45) is -0.916. The largest absolute Gasteiger partial charge is 0.477 e. The summed E-state index contributed by atoms with van der Waals surface area (Å²) in [7, 11) is 0. The van der Waals surface area contributed by atoms with Crippen molar-refractivity contribution in [2.75, 3.05) is 18.5 Å². The van der Waals surface area contributed by atoms with E-state index in [1.54, 1.807) is 12.1 Å². The Morgan fingerprint density at radius 2 is 2.20 bits per heavy atom. The van der Waals surface area contributed by atoms with Crippen molar-refractivity contribution >= 4 is 22.8 Å². The molecule has 0 saturated heterocycles. The van der Waals surface area contributed by atoms with Crippen LogP contribution in [0.5, 0.6) is 0 Å². The van der Waals surface area contributed by atoms with Crippen LogP contribution in [0.15, 0.2) is 23.0 Å². The number of aromatic amines is 1. The first-order chi connectivity index (χ1) is 9.51. The third-order valence-corrected chi connectivity index (χ3v) is 2.66. The zero-order chi connectivity index (χ0) is 14.7. The Balaban J connectivity index is 2.33. The second kappa shape index (κ2) is 5.68. The highest BCUT2D eigenvalue weighted by molar-refractivity contribution is 5.91. The van der Waals surface area contributed by atoms with Gasteiger partial charge in [0.15, 0.2) is 0 Å². The maximum atomic E-state index is 11.5. The van der Waals surface area contributed by atoms with Crippen LogP contribution in [0.1, 0.15) is 10.4 Å². The van der Waals surface area contributed by atoms with Crippen LogP contribution in [0.4, 0.5) is 5.82 Å². The van der Waals surface area contributed by atoms with E-state index < -0.39 is 17.6 Å². The van der Waals surface area contributed by atoms with Gasteiger partial charge in [0.2, 0.25) is 0 Å². The molecule has 0 aliphatic carbocycles. The zero-order valence-electron chi connectivity index (χ0n) is 10.3. The van der Waals surface area contributed by atoms with Crippen LogP contribution in [0, 0.1) is 0 Å². The van der Waals surface area contributed by atoms with Gasteiger partial charge in [0.1, 0.15) is 17.0 Å². The molecule has 2 aromatic rings. The lowest BCUT2D eigenvalue weighted by Crippen LogP contribution is -2.23. The average Bonchev–Trinajstić information content (AvgIpc) is 2.43. The van der Waals surface area contributed by atoms with Gasteiger partial charge < -0.3 is 25.6 Å². The van der Waals surface area contributed by atoms with Crippen LogP contribution in [-0.2, 0) is 0 Å². The number of H-pyrrole nitrogens is 1. The predicted octanol–water partition coefficient (Wildman–Crippen LogP) is -0.614. The molecule has 20 heavy (non-hydrogen) atoms. The van der Waals surface area contributed by atoms with Gasteiger partial charge in [-0.05, 0) is 18.2 Å². The second-order valence-electron chi connectivity index (χ2n) is 4.17. The summed E-state index contributed by atoms with van der Waals surface area (Å²) in [6.45, 7) is -0.272. The van der Waals surface area contributed by atoms with E-state index in [4.69, 9.17) is 10.2 Å². The number of aromatic nitrogens is 2. The van der Waals surface area contributed by atoms with Crippen molar-refractivity contribution in [3.05, 3.63) is 34.1 Å². The first-order valence-corrected chi connectivity index (χ1v) is 5.81. The van der Waals surface area contributed by atoms with E-state index in [1.807, 2.05) is 0 Å². The maximum Gasteiger partial charge on any atom is 0.341 e. The molecule has 8 nitrogen and oxygen atoms in total. The van der Waals surface area contributed by atoms with Crippen LogP contribution >= 0.6 is 0 Å². The molecule has 0 amide bonds. The number of carboxylic acid groups (broad SMARTS) is 1. The van der Waals surface area contributed by atoms with E-state index in [0.29, 0.717) is 11.2 Å². The fraction of sp³-hybridized carbons (Fsp3) is 0.250. The minimum atomic E-state index is -1.30. The van der Waals surface area contributed by atoms with Crippen molar-refractivity contribution in [2.24, 2.45) is 0 Å². The Labute approximate surface area is 112 Å². The maximum absolute atomic E-state index is 11.5. The normalized spacial score (nSPS) is 12.3. The van der Waals surface area contributed by atoms with Crippen molar-refractivity contribution in [1.82, 2.24) is 9.97 Å². The molecule has 0 bridgehead atoms. The van der Waals surface area contributed by atoms with Crippen LogP contribution in [0.2, 0.25) is 0 Å². The average molecular weight is 279 g/mol. The fourth-order valence-electron chi connectivity index (χ4n) is 1.63. The van der Waals surface area contributed by atoms with Gasteiger partial charge in [0.25, 0.3) is 5.56 Å². The first kappa shape index (κ1) is 14.0. The van der Waals surface area contributed by atoms with Crippen LogP contribution in [-0.4, -0.2) is 50.5 Å². The van der Waals surface area contributed by atoms with Crippen molar-refractivity contribution in [3.8, 4) is 0 Å². The van der Waals surface area contributed by atoms with Crippen molar-refractivity contribution in [1.29, 1.82) is 0 Å². The Morgan fingerprint density at radius 1 is 1.45 bits per heavy atom. The molecule has 106 valence electrons. The third-order valence-electron chi connectivity index (χ3n) is 2.66. The number of nitrogens with zero attached hydrogens (tertiary/aromatic N) is 1. The van der Waals surface area contributed by atoms with Crippen LogP contribution in [0.3, 0.4) is 0 Å². The quantitative estimate of drug-likeness (QED) is 0.492. The highest BCUT2D eigenvalue weighted by atomic mass is 16.4. The van der Waals surface area contributed by atoms with Crippen LogP contribution in [0.25, 0.3) is 11.0 Å². The zero-order valence-corrected chi connectivity index (χ0v) is 10.3. The number of aliphatic hydroxyl groups excluding tert-OH is 2. The smallest absolute Gasteiger partial charge is 0.341 e. The SMILES string of the molecule is O=C(O)c1cc2ccc(NCC(O)CO)nc2[nH]c1=O. The summed E-state index contributed by atoms with van der Waals surface area (Å²) >= 11 is 0. The summed E-state index contributed by atoms with van der Waals surface area (Å²) < 4.78 is 0. The van der Waals surface area contributed by atoms with E-state index in [1.165, 1.54) is 6.07 Å². The Hall–Kier alpha value is -2.45. The van der Waals surface area contributed by atoms with E-state index >= 15 is 0 Å². The molecule has 0 fully saturated rings. The molecular weight excluding hydrogens is 266 g/mol. The van der Waals surface area contributed by atoms with Gasteiger partial charge in [0.05, 0.1) is 12.7 Å². The second-order valence-corrected chi connectivity index (χ2v) is 4.17. The van der Waals surface area contributed by atoms with E-state index in [9.17, 15) is 14.7 Å². The van der Waals surface area contributed by atoms with Crippen molar-refractivity contribution in [2.45, 2.75) is 6.10 Å². The number of pyridine rings is 2. The molecule has 2 rings (SSSR count). The van der Waals surface area contributed by atoms with Gasteiger partial charge in [-0.15, -0.1) is 0 Å². The number of carboxylic acids is 1. The molecule has 1 atom stereocenters. The van der Waals surface area contributed by atoms with Gasteiger partial charge in [-0.25, -0.2) is 9.78 Å². The molecular formula is C12H13N3O5.